The largest absolute Gasteiger partial charge is 0.450 e. The second kappa shape index (κ2) is 9.03. The Hall–Kier alpha value is -3.36. The third kappa shape index (κ3) is 5.09. The lowest BCUT2D eigenvalue weighted by Crippen LogP contribution is -2.51. The molecule has 3 amide bonds. The Bertz CT molecular complexity index is 823. The van der Waals surface area contributed by atoms with E-state index >= 15 is 0 Å². The lowest BCUT2D eigenvalue weighted by molar-refractivity contribution is 0.0868. The average molecular weight is 388 g/mol. The zero-order valence-corrected chi connectivity index (χ0v) is 15.4. The smallest absolute Gasteiger partial charge is 0.409 e. The van der Waals surface area contributed by atoms with Crippen LogP contribution in [0.25, 0.3) is 0 Å². The van der Waals surface area contributed by atoms with E-state index in [1.54, 1.807) is 41.0 Å². The summed E-state index contributed by atoms with van der Waals surface area (Å²) in [7, 11) is 0. The third-order valence-electron chi connectivity index (χ3n) is 4.10. The van der Waals surface area contributed by atoms with Gasteiger partial charge in [-0.3, -0.25) is 0 Å². The molecule has 1 N–H and O–H groups in total. The van der Waals surface area contributed by atoms with E-state index in [1.807, 2.05) is 0 Å². The fourth-order valence-electron chi connectivity index (χ4n) is 2.68. The summed E-state index contributed by atoms with van der Waals surface area (Å²) in [5, 5.41) is 2.76. The zero-order chi connectivity index (χ0) is 19.9. The molecule has 0 aliphatic carbocycles. The van der Waals surface area contributed by atoms with Crippen LogP contribution in [0.5, 0.6) is 11.6 Å². The molecule has 1 aliphatic rings. The van der Waals surface area contributed by atoms with Gasteiger partial charge in [0.1, 0.15) is 11.6 Å². The highest BCUT2D eigenvalue weighted by Crippen LogP contribution is 2.21. The van der Waals surface area contributed by atoms with Gasteiger partial charge in [0.15, 0.2) is 0 Å². The number of aromatic nitrogens is 1. The molecule has 0 bridgehead atoms. The number of carbonyl (C=O) groups excluding carboxylic acids is 2. The van der Waals surface area contributed by atoms with Crippen molar-refractivity contribution in [3.63, 3.8) is 0 Å². The fraction of sp³-hybridized carbons (Fsp3) is 0.316. The predicted molar refractivity (Wildman–Crippen MR) is 99.9 cm³/mol. The molecule has 28 heavy (non-hydrogen) atoms. The van der Waals surface area contributed by atoms with E-state index in [1.165, 1.54) is 18.3 Å². The molecule has 1 aliphatic heterocycles. The molecule has 1 fully saturated rings. The van der Waals surface area contributed by atoms with Crippen molar-refractivity contribution in [1.29, 1.82) is 0 Å². The lowest BCUT2D eigenvalue weighted by Gasteiger charge is -2.33. The van der Waals surface area contributed by atoms with Gasteiger partial charge in [-0.25, -0.2) is 19.0 Å². The molecular formula is C19H21FN4O4. The van der Waals surface area contributed by atoms with Gasteiger partial charge in [0.05, 0.1) is 18.5 Å². The normalized spacial score (nSPS) is 13.8. The van der Waals surface area contributed by atoms with Crippen LogP contribution in [0, 0.1) is 5.82 Å². The Kier molecular flexibility index (Phi) is 6.25. The molecule has 1 aromatic heterocycles. The Balaban J connectivity index is 1.50. The summed E-state index contributed by atoms with van der Waals surface area (Å²) >= 11 is 0. The van der Waals surface area contributed by atoms with Crippen molar-refractivity contribution in [2.45, 2.75) is 6.92 Å². The van der Waals surface area contributed by atoms with E-state index in [2.05, 4.69) is 10.3 Å². The monoisotopic (exact) mass is 388 g/mol. The van der Waals surface area contributed by atoms with Gasteiger partial charge in [-0.2, -0.15) is 0 Å². The SMILES string of the molecule is CCOC(=O)N1CCN(C(=O)Nc2ccc(Oc3cccc(F)c3)nc2)CC1. The summed E-state index contributed by atoms with van der Waals surface area (Å²) in [6.45, 7) is 3.75. The van der Waals surface area contributed by atoms with E-state index in [-0.39, 0.29) is 18.0 Å². The summed E-state index contributed by atoms with van der Waals surface area (Å²) in [5.74, 6) is 0.222. The topological polar surface area (TPSA) is 84.0 Å². The quantitative estimate of drug-likeness (QED) is 0.869. The maximum atomic E-state index is 13.2. The van der Waals surface area contributed by atoms with E-state index in [0.717, 1.165) is 0 Å². The summed E-state index contributed by atoms with van der Waals surface area (Å²) in [6, 6.07) is 8.70. The molecule has 0 spiro atoms. The molecule has 0 atom stereocenters. The molecule has 3 rings (SSSR count). The number of rotatable bonds is 4. The number of hydrogen-bond donors (Lipinski definition) is 1. The Labute approximate surface area is 161 Å². The van der Waals surface area contributed by atoms with Crippen molar-refractivity contribution >= 4 is 17.8 Å². The number of benzene rings is 1. The molecule has 0 saturated carbocycles. The minimum absolute atomic E-state index is 0.274. The van der Waals surface area contributed by atoms with Gasteiger partial charge in [-0.15, -0.1) is 0 Å². The summed E-state index contributed by atoms with van der Waals surface area (Å²) in [5.41, 5.74) is 0.504. The van der Waals surface area contributed by atoms with Crippen LogP contribution in [-0.2, 0) is 4.74 Å². The van der Waals surface area contributed by atoms with Crippen LogP contribution in [0.15, 0.2) is 42.6 Å². The Morgan fingerprint density at radius 3 is 2.54 bits per heavy atom. The van der Waals surface area contributed by atoms with E-state index in [0.29, 0.717) is 44.2 Å². The first-order valence-corrected chi connectivity index (χ1v) is 8.92. The predicted octanol–water partition coefficient (Wildman–Crippen LogP) is 3.32. The van der Waals surface area contributed by atoms with Gasteiger partial charge in [-0.1, -0.05) is 6.07 Å². The van der Waals surface area contributed by atoms with Crippen molar-refractivity contribution in [2.24, 2.45) is 0 Å². The van der Waals surface area contributed by atoms with Crippen LogP contribution in [0.1, 0.15) is 6.92 Å². The second-order valence-corrected chi connectivity index (χ2v) is 6.05. The maximum absolute atomic E-state index is 13.2. The Morgan fingerprint density at radius 1 is 1.14 bits per heavy atom. The maximum Gasteiger partial charge on any atom is 0.409 e. The molecule has 1 aromatic carbocycles. The number of amides is 3. The van der Waals surface area contributed by atoms with E-state index in [4.69, 9.17) is 9.47 Å². The minimum Gasteiger partial charge on any atom is -0.450 e. The molecule has 2 aromatic rings. The fourth-order valence-corrected chi connectivity index (χ4v) is 2.68. The second-order valence-electron chi connectivity index (χ2n) is 6.05. The van der Waals surface area contributed by atoms with Crippen molar-refractivity contribution in [3.05, 3.63) is 48.4 Å². The van der Waals surface area contributed by atoms with Crippen molar-refractivity contribution < 1.29 is 23.5 Å². The molecule has 2 heterocycles. The number of urea groups is 1. The Morgan fingerprint density at radius 2 is 1.89 bits per heavy atom. The molecule has 8 nitrogen and oxygen atoms in total. The first-order valence-electron chi connectivity index (χ1n) is 8.92. The number of hydrogen-bond acceptors (Lipinski definition) is 5. The molecule has 9 heteroatoms. The van der Waals surface area contributed by atoms with E-state index < -0.39 is 5.82 Å². The highest BCUT2D eigenvalue weighted by Gasteiger charge is 2.24. The van der Waals surface area contributed by atoms with Crippen LogP contribution < -0.4 is 10.1 Å². The number of halogens is 1. The van der Waals surface area contributed by atoms with Crippen molar-refractivity contribution in [3.8, 4) is 11.6 Å². The molecule has 0 radical (unpaired) electrons. The highest BCUT2D eigenvalue weighted by atomic mass is 19.1. The van der Waals surface area contributed by atoms with Crippen molar-refractivity contribution in [2.75, 3.05) is 38.1 Å². The molecule has 0 unspecified atom stereocenters. The van der Waals surface area contributed by atoms with Gasteiger partial charge in [-0.05, 0) is 25.1 Å². The number of carbonyl (C=O) groups is 2. The van der Waals surface area contributed by atoms with Gasteiger partial charge in [0, 0.05) is 38.3 Å². The van der Waals surface area contributed by atoms with Crippen molar-refractivity contribution in [1.82, 2.24) is 14.8 Å². The number of nitrogens with one attached hydrogen (secondary N) is 1. The first-order chi connectivity index (χ1) is 13.5. The molecular weight excluding hydrogens is 367 g/mol. The summed E-state index contributed by atoms with van der Waals surface area (Å²) in [6.07, 6.45) is 1.10. The van der Waals surface area contributed by atoms with Crippen LogP contribution in [0.4, 0.5) is 19.7 Å². The van der Waals surface area contributed by atoms with Crippen LogP contribution >= 0.6 is 0 Å². The van der Waals surface area contributed by atoms with E-state index in [9.17, 15) is 14.0 Å². The average Bonchev–Trinajstić information content (AvgIpc) is 2.70. The molecule has 148 valence electrons. The lowest BCUT2D eigenvalue weighted by atomic mass is 10.3. The highest BCUT2D eigenvalue weighted by molar-refractivity contribution is 5.89. The standard InChI is InChI=1S/C19H21FN4O4/c1-2-27-19(26)24-10-8-23(9-11-24)18(25)22-15-6-7-17(21-13-15)28-16-5-3-4-14(20)12-16/h3-7,12-13H,2,8-11H2,1H3,(H,22,25). The zero-order valence-electron chi connectivity index (χ0n) is 15.4. The summed E-state index contributed by atoms with van der Waals surface area (Å²) < 4.78 is 23.6. The van der Waals surface area contributed by atoms with Gasteiger partial charge >= 0.3 is 12.1 Å². The number of pyridine rings is 1. The van der Waals surface area contributed by atoms with Gasteiger partial charge in [0.2, 0.25) is 5.88 Å². The summed E-state index contributed by atoms with van der Waals surface area (Å²) in [4.78, 5) is 31.4. The number of piperazine rings is 1. The number of anilines is 1. The first kappa shape index (κ1) is 19.4. The minimum atomic E-state index is -0.399. The number of ether oxygens (including phenoxy) is 2. The van der Waals surface area contributed by atoms with Crippen LogP contribution in [0.2, 0.25) is 0 Å². The third-order valence-corrected chi connectivity index (χ3v) is 4.10. The number of nitrogens with zero attached hydrogens (tertiary/aromatic N) is 3. The van der Waals surface area contributed by atoms with Gasteiger partial charge < -0.3 is 24.6 Å². The molecule has 1 saturated heterocycles. The van der Waals surface area contributed by atoms with Crippen LogP contribution in [-0.4, -0.2) is 59.7 Å². The van der Waals surface area contributed by atoms with Crippen LogP contribution in [0.3, 0.4) is 0 Å². The van der Waals surface area contributed by atoms with Gasteiger partial charge in [0.25, 0.3) is 0 Å².